The minimum absolute atomic E-state index is 0.120. The molecule has 0 radical (unpaired) electrons. The normalized spacial score (nSPS) is 28.4. The van der Waals surface area contributed by atoms with Crippen molar-refractivity contribution in [2.24, 2.45) is 11.3 Å². The van der Waals surface area contributed by atoms with Crippen molar-refractivity contribution >= 4 is 15.8 Å². The third kappa shape index (κ3) is 3.70. The zero-order chi connectivity index (χ0) is 13.8. The maximum atomic E-state index is 11.5. The second-order valence-corrected chi connectivity index (χ2v) is 7.92. The van der Waals surface area contributed by atoms with Gasteiger partial charge in [0.1, 0.15) is 9.84 Å². The van der Waals surface area contributed by atoms with E-state index in [1.54, 1.807) is 6.92 Å². The van der Waals surface area contributed by atoms with Gasteiger partial charge in [0.05, 0.1) is 11.2 Å². The highest BCUT2D eigenvalue weighted by Gasteiger charge is 2.44. The Morgan fingerprint density at radius 3 is 2.50 bits per heavy atom. The molecule has 1 N–H and O–H groups in total. The molecule has 18 heavy (non-hydrogen) atoms. The third-order valence-corrected chi connectivity index (χ3v) is 6.08. The molecule has 0 aromatic heterocycles. The molecule has 5 heteroatoms. The summed E-state index contributed by atoms with van der Waals surface area (Å²) in [6.45, 7) is 3.72. The smallest absolute Gasteiger partial charge is 0.309 e. The molecule has 0 amide bonds. The second-order valence-electron chi connectivity index (χ2n) is 5.44. The summed E-state index contributed by atoms with van der Waals surface area (Å²) >= 11 is 0. The molecular formula is C13H24O4S. The van der Waals surface area contributed by atoms with Gasteiger partial charge >= 0.3 is 5.97 Å². The highest BCUT2D eigenvalue weighted by molar-refractivity contribution is 7.91. The van der Waals surface area contributed by atoms with E-state index in [9.17, 15) is 18.3 Å². The molecule has 1 rings (SSSR count). The second kappa shape index (κ2) is 6.04. The van der Waals surface area contributed by atoms with Crippen LogP contribution in [0.25, 0.3) is 0 Å². The monoisotopic (exact) mass is 276 g/mol. The first-order valence-corrected chi connectivity index (χ1v) is 8.61. The maximum Gasteiger partial charge on any atom is 0.309 e. The molecule has 4 nitrogen and oxygen atoms in total. The quantitative estimate of drug-likeness (QED) is 0.775. The third-order valence-electron chi connectivity index (χ3n) is 4.29. The van der Waals surface area contributed by atoms with Crippen molar-refractivity contribution < 1.29 is 18.3 Å². The van der Waals surface area contributed by atoms with Crippen LogP contribution < -0.4 is 0 Å². The van der Waals surface area contributed by atoms with E-state index in [2.05, 4.69) is 6.92 Å². The lowest BCUT2D eigenvalue weighted by atomic mass is 9.81. The van der Waals surface area contributed by atoms with Gasteiger partial charge in [0.15, 0.2) is 0 Å². The van der Waals surface area contributed by atoms with Gasteiger partial charge in [-0.25, -0.2) is 8.42 Å². The number of rotatable bonds is 7. The zero-order valence-corrected chi connectivity index (χ0v) is 12.1. The fourth-order valence-corrected chi connectivity index (χ4v) is 3.76. The van der Waals surface area contributed by atoms with E-state index >= 15 is 0 Å². The number of hydrogen-bond donors (Lipinski definition) is 1. The highest BCUT2D eigenvalue weighted by atomic mass is 32.2. The minimum Gasteiger partial charge on any atom is -0.481 e. The van der Waals surface area contributed by atoms with Crippen LogP contribution >= 0.6 is 0 Å². The average molecular weight is 276 g/mol. The van der Waals surface area contributed by atoms with Crippen LogP contribution in [-0.4, -0.2) is 31.0 Å². The van der Waals surface area contributed by atoms with Crippen LogP contribution in [-0.2, 0) is 14.6 Å². The summed E-state index contributed by atoms with van der Waals surface area (Å²) in [7, 11) is -2.98. The van der Waals surface area contributed by atoms with Crippen LogP contribution in [0.2, 0.25) is 0 Å². The molecular weight excluding hydrogens is 252 g/mol. The first-order valence-electron chi connectivity index (χ1n) is 6.79. The van der Waals surface area contributed by atoms with Crippen LogP contribution in [0, 0.1) is 11.3 Å². The average Bonchev–Trinajstić information content (AvgIpc) is 2.74. The summed E-state index contributed by atoms with van der Waals surface area (Å²) in [6, 6.07) is 0. The summed E-state index contributed by atoms with van der Waals surface area (Å²) in [4.78, 5) is 11.5. The Morgan fingerprint density at radius 2 is 2.06 bits per heavy atom. The Kier molecular flexibility index (Phi) is 5.20. The molecule has 0 aromatic rings. The Hall–Kier alpha value is -0.580. The molecule has 0 bridgehead atoms. The molecule has 106 valence electrons. The molecule has 1 aliphatic carbocycles. The molecule has 2 unspecified atom stereocenters. The van der Waals surface area contributed by atoms with Gasteiger partial charge in [-0.15, -0.1) is 0 Å². The Bertz CT molecular complexity index is 388. The van der Waals surface area contributed by atoms with E-state index in [1.165, 1.54) is 0 Å². The molecule has 0 spiro atoms. The molecule has 1 aliphatic rings. The number of carboxylic acid groups (broad SMARTS) is 1. The number of carboxylic acids is 1. The van der Waals surface area contributed by atoms with E-state index in [-0.39, 0.29) is 11.5 Å². The van der Waals surface area contributed by atoms with Crippen molar-refractivity contribution in [1.29, 1.82) is 0 Å². The van der Waals surface area contributed by atoms with E-state index < -0.39 is 21.2 Å². The van der Waals surface area contributed by atoms with Crippen molar-refractivity contribution in [3.8, 4) is 0 Å². The molecule has 2 atom stereocenters. The summed E-state index contributed by atoms with van der Waals surface area (Å²) in [5.41, 5.74) is -0.663. The van der Waals surface area contributed by atoms with Crippen molar-refractivity contribution in [2.45, 2.75) is 52.4 Å². The predicted octanol–water partition coefficient (Wildman–Crippen LogP) is 2.48. The summed E-state index contributed by atoms with van der Waals surface area (Å²) in [5.74, 6) is 0.0104. The molecule has 1 fully saturated rings. The van der Waals surface area contributed by atoms with Crippen LogP contribution in [0.4, 0.5) is 0 Å². The first-order chi connectivity index (χ1) is 8.35. The summed E-state index contributed by atoms with van der Waals surface area (Å²) < 4.78 is 22.8. The standard InChI is InChI=1S/C13H24O4S/c1-3-11-6-8-13(10-11,12(14)15)7-5-9-18(16,17)4-2/h11H,3-10H2,1-2H3,(H,14,15). The SMILES string of the molecule is CCC1CCC(CCCS(=O)(=O)CC)(C(=O)O)C1. The number of hydrogen-bond acceptors (Lipinski definition) is 3. The van der Waals surface area contributed by atoms with E-state index in [1.807, 2.05) is 0 Å². The highest BCUT2D eigenvalue weighted by Crippen LogP contribution is 2.46. The van der Waals surface area contributed by atoms with Crippen LogP contribution in [0.15, 0.2) is 0 Å². The van der Waals surface area contributed by atoms with Crippen molar-refractivity contribution in [3.05, 3.63) is 0 Å². The van der Waals surface area contributed by atoms with Crippen LogP contribution in [0.5, 0.6) is 0 Å². The van der Waals surface area contributed by atoms with E-state index in [0.717, 1.165) is 12.8 Å². The maximum absolute atomic E-state index is 11.5. The van der Waals surface area contributed by atoms with Crippen LogP contribution in [0.1, 0.15) is 52.4 Å². The van der Waals surface area contributed by atoms with Gasteiger partial charge in [0.2, 0.25) is 0 Å². The Balaban J connectivity index is 2.58. The number of carbonyl (C=O) groups is 1. The van der Waals surface area contributed by atoms with Crippen molar-refractivity contribution in [2.75, 3.05) is 11.5 Å². The fourth-order valence-electron chi connectivity index (χ4n) is 2.89. The fraction of sp³-hybridized carbons (Fsp3) is 0.923. The molecule has 1 saturated carbocycles. The molecule has 0 heterocycles. The lowest BCUT2D eigenvalue weighted by Gasteiger charge is -2.24. The largest absolute Gasteiger partial charge is 0.481 e. The lowest BCUT2D eigenvalue weighted by Crippen LogP contribution is -2.29. The van der Waals surface area contributed by atoms with E-state index in [4.69, 9.17) is 0 Å². The predicted molar refractivity (Wildman–Crippen MR) is 71.3 cm³/mol. The van der Waals surface area contributed by atoms with Gasteiger partial charge < -0.3 is 5.11 Å². The lowest BCUT2D eigenvalue weighted by molar-refractivity contribution is -0.149. The number of sulfone groups is 1. The Labute approximate surface area is 110 Å². The summed E-state index contributed by atoms with van der Waals surface area (Å²) in [5, 5.41) is 9.41. The van der Waals surface area contributed by atoms with Gasteiger partial charge in [-0.2, -0.15) is 0 Å². The number of aliphatic carboxylic acids is 1. The van der Waals surface area contributed by atoms with Gasteiger partial charge in [-0.3, -0.25) is 4.79 Å². The Morgan fingerprint density at radius 1 is 1.39 bits per heavy atom. The van der Waals surface area contributed by atoms with Gasteiger partial charge in [-0.1, -0.05) is 20.3 Å². The van der Waals surface area contributed by atoms with Crippen molar-refractivity contribution in [3.63, 3.8) is 0 Å². The minimum atomic E-state index is -2.98. The van der Waals surface area contributed by atoms with Crippen LogP contribution in [0.3, 0.4) is 0 Å². The van der Waals surface area contributed by atoms with Gasteiger partial charge in [0.25, 0.3) is 0 Å². The van der Waals surface area contributed by atoms with E-state index in [0.29, 0.717) is 31.6 Å². The van der Waals surface area contributed by atoms with Gasteiger partial charge in [-0.05, 0) is 38.0 Å². The van der Waals surface area contributed by atoms with Crippen molar-refractivity contribution in [1.82, 2.24) is 0 Å². The first kappa shape index (κ1) is 15.5. The molecule has 0 saturated heterocycles. The zero-order valence-electron chi connectivity index (χ0n) is 11.3. The van der Waals surface area contributed by atoms with Gasteiger partial charge in [0, 0.05) is 5.75 Å². The topological polar surface area (TPSA) is 71.4 Å². The molecule has 0 aromatic carbocycles. The molecule has 0 aliphatic heterocycles. The summed E-state index contributed by atoms with van der Waals surface area (Å²) in [6.07, 6.45) is 4.36.